The molecule has 16 heavy (non-hydrogen) atoms. The van der Waals surface area contributed by atoms with Crippen molar-refractivity contribution >= 4 is 20.5 Å². The normalized spacial score (nSPS) is 17.4. The highest BCUT2D eigenvalue weighted by atomic mass is 32.3. The average Bonchev–Trinajstić information content (AvgIpc) is 1.77. The van der Waals surface area contributed by atoms with E-state index in [0.717, 1.165) is 0 Å². The van der Waals surface area contributed by atoms with Crippen LogP contribution in [-0.2, 0) is 24.7 Å². The molecule has 1 unspecified atom stereocenters. The van der Waals surface area contributed by atoms with Crippen LogP contribution in [0.2, 0.25) is 0 Å². The monoisotopic (exact) mass is 298 g/mol. The Hall–Kier alpha value is -0.570. The Morgan fingerprint density at radius 2 is 1.25 bits per heavy atom. The third-order valence-corrected chi connectivity index (χ3v) is 2.41. The van der Waals surface area contributed by atoms with E-state index < -0.39 is 31.9 Å². The summed E-state index contributed by atoms with van der Waals surface area (Å²) in [5, 5.41) is -5.95. The van der Waals surface area contributed by atoms with E-state index in [1.54, 1.807) is 0 Å². The summed E-state index contributed by atoms with van der Waals surface area (Å²) in [4.78, 5) is 0. The van der Waals surface area contributed by atoms with Gasteiger partial charge in [-0.3, -0.25) is 13.8 Å². The Balaban J connectivity index is 0. The zero-order chi connectivity index (χ0) is 12.7. The minimum Gasteiger partial charge on any atom is -0.281 e. The van der Waals surface area contributed by atoms with Crippen molar-refractivity contribution < 1.29 is 52.4 Å². The Labute approximate surface area is 85.1 Å². The molecule has 0 radical (unpaired) electrons. The van der Waals surface area contributed by atoms with Gasteiger partial charge in [0.25, 0.3) is 0 Å². The molecule has 0 aliphatic carbocycles. The maximum Gasteiger partial charge on any atom is 0.468 e. The molecule has 0 saturated heterocycles. The molecule has 0 amide bonds. The van der Waals surface area contributed by atoms with E-state index in [0.29, 0.717) is 0 Å². The van der Waals surface area contributed by atoms with Gasteiger partial charge in [0, 0.05) is 0 Å². The molecule has 7 nitrogen and oxygen atoms in total. The molecule has 0 spiro atoms. The summed E-state index contributed by atoms with van der Waals surface area (Å²) in [5.41, 5.74) is 0. The van der Waals surface area contributed by atoms with E-state index in [4.69, 9.17) is 9.11 Å². The van der Waals surface area contributed by atoms with Gasteiger partial charge < -0.3 is 0 Å². The van der Waals surface area contributed by atoms with Crippen LogP contribution in [0.1, 0.15) is 0 Å². The SMILES string of the molecule is F.O=S(=O)(O)OC(F)(C(F)(F)F)S(=O)(=O)O. The number of hydrogen-bond acceptors (Lipinski definition) is 5. The van der Waals surface area contributed by atoms with Crippen molar-refractivity contribution in [2.45, 2.75) is 11.4 Å². The second-order valence-corrected chi connectivity index (χ2v) is 4.52. The Morgan fingerprint density at radius 1 is 0.938 bits per heavy atom. The molecule has 0 aliphatic heterocycles. The van der Waals surface area contributed by atoms with Crippen LogP contribution in [0, 0.1) is 0 Å². The van der Waals surface area contributed by atoms with Gasteiger partial charge in [0.05, 0.1) is 0 Å². The molecule has 1 atom stereocenters. The lowest BCUT2D eigenvalue weighted by atomic mass is 10.7. The zero-order valence-electron chi connectivity index (χ0n) is 6.67. The molecule has 0 aromatic heterocycles. The highest BCUT2D eigenvalue weighted by Gasteiger charge is 2.70. The van der Waals surface area contributed by atoms with E-state index >= 15 is 0 Å². The first-order valence-electron chi connectivity index (χ1n) is 2.61. The smallest absolute Gasteiger partial charge is 0.281 e. The molecule has 0 bridgehead atoms. The van der Waals surface area contributed by atoms with Gasteiger partial charge >= 0.3 is 31.9 Å². The van der Waals surface area contributed by atoms with Crippen LogP contribution in [0.4, 0.5) is 22.3 Å². The standard InChI is InChI=1S/C2H2F4O7S2.FH/c3-1(4,5)2(6,14(7,8)9)13-15(10,11)12;/h(H,7,8,9)(H,10,11,12);1H. The largest absolute Gasteiger partial charge is 0.468 e. The molecule has 0 fully saturated rings. The van der Waals surface area contributed by atoms with Gasteiger partial charge in [-0.1, -0.05) is 0 Å². The third-order valence-electron chi connectivity index (χ3n) is 0.883. The lowest BCUT2D eigenvalue weighted by Crippen LogP contribution is -2.51. The van der Waals surface area contributed by atoms with Crippen LogP contribution >= 0.6 is 0 Å². The fourth-order valence-electron chi connectivity index (χ4n) is 0.372. The highest BCUT2D eigenvalue weighted by molar-refractivity contribution is 7.88. The predicted octanol–water partition coefficient (Wildman–Crippen LogP) is 0.0317. The van der Waals surface area contributed by atoms with Crippen molar-refractivity contribution in [2.75, 3.05) is 0 Å². The second-order valence-electron chi connectivity index (χ2n) is 2.02. The molecular formula is C2H3F5O7S2. The minimum absolute atomic E-state index is 0. The van der Waals surface area contributed by atoms with Gasteiger partial charge in [-0.2, -0.15) is 38.6 Å². The van der Waals surface area contributed by atoms with Crippen LogP contribution in [-0.4, -0.2) is 37.3 Å². The molecule has 0 aromatic carbocycles. The maximum atomic E-state index is 12.6. The van der Waals surface area contributed by atoms with Gasteiger partial charge in [-0.25, -0.2) is 0 Å². The van der Waals surface area contributed by atoms with Gasteiger partial charge in [-0.05, 0) is 0 Å². The lowest BCUT2D eigenvalue weighted by molar-refractivity contribution is -0.262. The van der Waals surface area contributed by atoms with Crippen LogP contribution in [0.25, 0.3) is 0 Å². The summed E-state index contributed by atoms with van der Waals surface area (Å²) in [5.74, 6) is 0. The second kappa shape index (κ2) is 4.36. The highest BCUT2D eigenvalue weighted by Crippen LogP contribution is 2.39. The lowest BCUT2D eigenvalue weighted by Gasteiger charge is -2.21. The first-order chi connectivity index (χ1) is 6.21. The van der Waals surface area contributed by atoms with Crippen LogP contribution < -0.4 is 0 Å². The van der Waals surface area contributed by atoms with Crippen molar-refractivity contribution in [3.8, 4) is 0 Å². The fraction of sp³-hybridized carbons (Fsp3) is 1.00. The van der Waals surface area contributed by atoms with Gasteiger partial charge in [0.2, 0.25) is 0 Å². The number of rotatable bonds is 3. The molecule has 100 valence electrons. The summed E-state index contributed by atoms with van der Waals surface area (Å²) >= 11 is 0. The summed E-state index contributed by atoms with van der Waals surface area (Å²) in [6, 6.07) is 0. The summed E-state index contributed by atoms with van der Waals surface area (Å²) in [6.07, 6.45) is -6.42. The number of alkyl halides is 4. The molecule has 0 aliphatic rings. The number of hydrogen-bond donors (Lipinski definition) is 2. The number of halogens is 5. The molecule has 14 heteroatoms. The summed E-state index contributed by atoms with van der Waals surface area (Å²) in [7, 11) is -12.7. The first-order valence-corrected chi connectivity index (χ1v) is 5.42. The molecule has 0 aromatic rings. The third kappa shape index (κ3) is 3.78. The molecular weight excluding hydrogens is 295 g/mol. The Bertz CT molecular complexity index is 434. The van der Waals surface area contributed by atoms with Gasteiger partial charge in [-0.15, -0.1) is 0 Å². The quantitative estimate of drug-likeness (QED) is 0.557. The van der Waals surface area contributed by atoms with Crippen LogP contribution in [0.15, 0.2) is 0 Å². The Morgan fingerprint density at radius 3 is 1.31 bits per heavy atom. The van der Waals surface area contributed by atoms with E-state index in [9.17, 15) is 34.4 Å². The van der Waals surface area contributed by atoms with Crippen molar-refractivity contribution in [3.63, 3.8) is 0 Å². The predicted molar refractivity (Wildman–Crippen MR) is 36.6 cm³/mol. The van der Waals surface area contributed by atoms with Crippen molar-refractivity contribution in [2.24, 2.45) is 0 Å². The van der Waals surface area contributed by atoms with Gasteiger partial charge in [0.1, 0.15) is 0 Å². The topological polar surface area (TPSA) is 118 Å². The Kier molecular flexibility index (Phi) is 4.86. The van der Waals surface area contributed by atoms with Crippen molar-refractivity contribution in [3.05, 3.63) is 0 Å². The van der Waals surface area contributed by atoms with E-state index in [-0.39, 0.29) is 4.70 Å². The molecule has 0 saturated carbocycles. The van der Waals surface area contributed by atoms with E-state index in [2.05, 4.69) is 4.18 Å². The average molecular weight is 298 g/mol. The van der Waals surface area contributed by atoms with Crippen LogP contribution in [0.5, 0.6) is 0 Å². The molecule has 0 heterocycles. The summed E-state index contributed by atoms with van der Waals surface area (Å²) < 4.78 is 105. The molecule has 0 rings (SSSR count). The fourth-order valence-corrected chi connectivity index (χ4v) is 1.63. The van der Waals surface area contributed by atoms with Crippen molar-refractivity contribution in [1.29, 1.82) is 0 Å². The molecule has 2 N–H and O–H groups in total. The first kappa shape index (κ1) is 17.8. The zero-order valence-corrected chi connectivity index (χ0v) is 8.31. The van der Waals surface area contributed by atoms with E-state index in [1.165, 1.54) is 0 Å². The van der Waals surface area contributed by atoms with Crippen LogP contribution in [0.3, 0.4) is 0 Å². The van der Waals surface area contributed by atoms with Crippen molar-refractivity contribution in [1.82, 2.24) is 0 Å². The van der Waals surface area contributed by atoms with E-state index in [1.807, 2.05) is 0 Å². The minimum atomic E-state index is -6.61. The van der Waals surface area contributed by atoms with Gasteiger partial charge in [0.15, 0.2) is 0 Å². The summed E-state index contributed by atoms with van der Waals surface area (Å²) in [6.45, 7) is 0. The maximum absolute atomic E-state index is 12.6.